The first kappa shape index (κ1) is 19.5. The lowest BCUT2D eigenvalue weighted by molar-refractivity contribution is 0.0496. The molecule has 0 aliphatic carbocycles. The lowest BCUT2D eigenvalue weighted by atomic mass is 10.3. The number of esters is 1. The van der Waals surface area contributed by atoms with Crippen LogP contribution in [0.2, 0.25) is 0 Å². The van der Waals surface area contributed by atoms with Gasteiger partial charge in [0.15, 0.2) is 5.82 Å². The first-order valence-electron chi connectivity index (χ1n) is 8.54. The zero-order valence-electron chi connectivity index (χ0n) is 15.0. The Labute approximate surface area is 164 Å². The van der Waals surface area contributed by atoms with Gasteiger partial charge in [-0.05, 0) is 42.6 Å². The molecule has 0 aliphatic rings. The summed E-state index contributed by atoms with van der Waals surface area (Å²) in [6.45, 7) is 2.44. The number of amides is 2. The van der Waals surface area contributed by atoms with Crippen LogP contribution in [0.25, 0.3) is 16.4 Å². The molecule has 28 heavy (non-hydrogen) atoms. The van der Waals surface area contributed by atoms with Crippen LogP contribution >= 0.6 is 11.3 Å². The topological polar surface area (TPSA) is 98.1 Å². The summed E-state index contributed by atoms with van der Waals surface area (Å²) in [5.74, 6) is -0.753. The third-order valence-corrected chi connectivity index (χ3v) is 4.43. The van der Waals surface area contributed by atoms with Gasteiger partial charge in [-0.3, -0.25) is 0 Å². The molecule has 0 aliphatic heterocycles. The van der Waals surface area contributed by atoms with E-state index in [-0.39, 0.29) is 30.8 Å². The molecule has 146 valence electrons. The third kappa shape index (κ3) is 4.71. The number of hydrogen-bond acceptors (Lipinski definition) is 6. The average molecular weight is 403 g/mol. The number of carbonyl (C=O) groups excluding carboxylic acids is 2. The van der Waals surface area contributed by atoms with Crippen LogP contribution < -0.4 is 10.6 Å². The largest absolute Gasteiger partial charge is 0.458 e. The number of aromatic nitrogens is 3. The molecule has 0 bridgehead atoms. The van der Waals surface area contributed by atoms with Crippen molar-refractivity contribution >= 4 is 23.3 Å². The van der Waals surface area contributed by atoms with Crippen molar-refractivity contribution in [1.82, 2.24) is 25.4 Å². The molecule has 0 saturated carbocycles. The van der Waals surface area contributed by atoms with Crippen molar-refractivity contribution in [3.8, 4) is 16.4 Å². The number of benzene rings is 1. The van der Waals surface area contributed by atoms with E-state index in [9.17, 15) is 14.0 Å². The van der Waals surface area contributed by atoms with Crippen molar-refractivity contribution in [2.45, 2.75) is 6.92 Å². The molecule has 0 atom stereocenters. The van der Waals surface area contributed by atoms with Gasteiger partial charge in [0.05, 0.1) is 17.1 Å². The summed E-state index contributed by atoms with van der Waals surface area (Å²) >= 11 is 1.44. The lowest BCUT2D eigenvalue weighted by Gasteiger charge is -2.05. The van der Waals surface area contributed by atoms with E-state index in [2.05, 4.69) is 20.7 Å². The second-order valence-electron chi connectivity index (χ2n) is 5.55. The molecule has 3 aromatic rings. The average Bonchev–Trinajstić information content (AvgIpc) is 3.35. The Bertz CT molecular complexity index is 941. The van der Waals surface area contributed by atoms with Crippen molar-refractivity contribution in [2.75, 3.05) is 19.7 Å². The molecule has 2 amide bonds. The van der Waals surface area contributed by atoms with Gasteiger partial charge in [0.2, 0.25) is 0 Å². The molecule has 8 nitrogen and oxygen atoms in total. The van der Waals surface area contributed by atoms with Gasteiger partial charge in [0, 0.05) is 6.54 Å². The fourth-order valence-electron chi connectivity index (χ4n) is 2.32. The molecule has 0 unspecified atom stereocenters. The Morgan fingerprint density at radius 1 is 1.21 bits per heavy atom. The van der Waals surface area contributed by atoms with E-state index < -0.39 is 5.97 Å². The number of nitrogens with zero attached hydrogens (tertiary/aromatic N) is 3. The summed E-state index contributed by atoms with van der Waals surface area (Å²) in [6.07, 6.45) is 0. The minimum absolute atomic E-state index is 0.0185. The minimum atomic E-state index is -0.712. The lowest BCUT2D eigenvalue weighted by Crippen LogP contribution is -2.37. The number of hydrogen-bond donors (Lipinski definition) is 2. The SMILES string of the molecule is CCNC(=O)NCCOC(=O)c1nc(-c2cccs2)n(-c2ccc(F)cc2)n1. The van der Waals surface area contributed by atoms with Crippen LogP contribution in [-0.2, 0) is 4.74 Å². The van der Waals surface area contributed by atoms with Crippen molar-refractivity contribution < 1.29 is 18.7 Å². The van der Waals surface area contributed by atoms with Crippen LogP contribution in [0.1, 0.15) is 17.5 Å². The normalized spacial score (nSPS) is 10.5. The molecule has 2 heterocycles. The molecule has 1 aromatic carbocycles. The number of halogens is 1. The van der Waals surface area contributed by atoms with Crippen LogP contribution in [0.3, 0.4) is 0 Å². The van der Waals surface area contributed by atoms with Crippen molar-refractivity contribution in [3.05, 3.63) is 53.4 Å². The van der Waals surface area contributed by atoms with Crippen molar-refractivity contribution in [2.24, 2.45) is 0 Å². The quantitative estimate of drug-likeness (QED) is 0.467. The van der Waals surface area contributed by atoms with Gasteiger partial charge in [0.25, 0.3) is 5.82 Å². The molecule has 0 saturated heterocycles. The first-order chi connectivity index (χ1) is 13.6. The van der Waals surface area contributed by atoms with E-state index >= 15 is 0 Å². The van der Waals surface area contributed by atoms with Crippen LogP contribution in [0.15, 0.2) is 41.8 Å². The Morgan fingerprint density at radius 2 is 2.00 bits per heavy atom. The highest BCUT2D eigenvalue weighted by atomic mass is 32.1. The highest BCUT2D eigenvalue weighted by Crippen LogP contribution is 2.25. The minimum Gasteiger partial charge on any atom is -0.458 e. The van der Waals surface area contributed by atoms with E-state index in [0.717, 1.165) is 4.88 Å². The van der Waals surface area contributed by atoms with Gasteiger partial charge >= 0.3 is 12.0 Å². The molecular formula is C18H18FN5O3S. The van der Waals surface area contributed by atoms with E-state index in [1.165, 1.54) is 28.2 Å². The summed E-state index contributed by atoms with van der Waals surface area (Å²) in [6, 6.07) is 9.08. The molecule has 2 N–H and O–H groups in total. The first-order valence-corrected chi connectivity index (χ1v) is 9.42. The monoisotopic (exact) mass is 403 g/mol. The molecule has 3 rings (SSSR count). The number of nitrogens with one attached hydrogen (secondary N) is 2. The summed E-state index contributed by atoms with van der Waals surface area (Å²) < 4.78 is 19.8. The predicted molar refractivity (Wildman–Crippen MR) is 102 cm³/mol. The summed E-state index contributed by atoms with van der Waals surface area (Å²) in [4.78, 5) is 28.7. The number of ether oxygens (including phenoxy) is 1. The van der Waals surface area contributed by atoms with Gasteiger partial charge in [-0.15, -0.1) is 16.4 Å². The van der Waals surface area contributed by atoms with Crippen LogP contribution in [0.5, 0.6) is 0 Å². The Morgan fingerprint density at radius 3 is 2.68 bits per heavy atom. The van der Waals surface area contributed by atoms with E-state index in [4.69, 9.17) is 4.74 Å². The number of urea groups is 1. The maximum absolute atomic E-state index is 13.2. The molecule has 2 aromatic heterocycles. The van der Waals surface area contributed by atoms with Crippen LogP contribution in [-0.4, -0.2) is 46.5 Å². The van der Waals surface area contributed by atoms with Gasteiger partial charge in [0.1, 0.15) is 12.4 Å². The number of rotatable bonds is 7. The van der Waals surface area contributed by atoms with Crippen molar-refractivity contribution in [1.29, 1.82) is 0 Å². The van der Waals surface area contributed by atoms with E-state index in [0.29, 0.717) is 18.1 Å². The van der Waals surface area contributed by atoms with Gasteiger partial charge in [-0.2, -0.15) is 4.98 Å². The standard InChI is InChI=1S/C18H18FN5O3S/c1-2-20-18(26)21-9-10-27-17(25)15-22-16(14-4-3-11-28-14)24(23-15)13-7-5-12(19)6-8-13/h3-8,11H,2,9-10H2,1H3,(H2,20,21,26). The summed E-state index contributed by atoms with van der Waals surface area (Å²) in [5, 5.41) is 11.2. The highest BCUT2D eigenvalue weighted by molar-refractivity contribution is 7.13. The van der Waals surface area contributed by atoms with Gasteiger partial charge in [-0.25, -0.2) is 18.7 Å². The molecular weight excluding hydrogens is 385 g/mol. The summed E-state index contributed by atoms with van der Waals surface area (Å²) in [7, 11) is 0. The molecule has 0 radical (unpaired) electrons. The fraction of sp³-hybridized carbons (Fsp3) is 0.222. The second kappa shape index (κ2) is 9.09. The Balaban J connectivity index is 1.75. The van der Waals surface area contributed by atoms with E-state index in [1.54, 1.807) is 19.1 Å². The highest BCUT2D eigenvalue weighted by Gasteiger charge is 2.20. The smallest absolute Gasteiger partial charge is 0.378 e. The van der Waals surface area contributed by atoms with E-state index in [1.807, 2.05) is 17.5 Å². The maximum atomic E-state index is 13.2. The van der Waals surface area contributed by atoms with Crippen molar-refractivity contribution in [3.63, 3.8) is 0 Å². The third-order valence-electron chi connectivity index (χ3n) is 3.56. The van der Waals surface area contributed by atoms with Gasteiger partial charge in [-0.1, -0.05) is 6.07 Å². The van der Waals surface area contributed by atoms with Gasteiger partial charge < -0.3 is 15.4 Å². The van der Waals surface area contributed by atoms with Crippen LogP contribution in [0, 0.1) is 5.82 Å². The Hall–Kier alpha value is -3.27. The molecule has 0 fully saturated rings. The Kier molecular flexibility index (Phi) is 6.33. The summed E-state index contributed by atoms with van der Waals surface area (Å²) in [5.41, 5.74) is 0.564. The second-order valence-corrected chi connectivity index (χ2v) is 6.49. The fourth-order valence-corrected chi connectivity index (χ4v) is 3.02. The maximum Gasteiger partial charge on any atom is 0.378 e. The number of carbonyl (C=O) groups is 2. The zero-order chi connectivity index (χ0) is 19.9. The zero-order valence-corrected chi connectivity index (χ0v) is 15.8. The molecule has 0 spiro atoms. The number of thiophene rings is 1. The van der Waals surface area contributed by atoms with Crippen LogP contribution in [0.4, 0.5) is 9.18 Å². The predicted octanol–water partition coefficient (Wildman–Crippen LogP) is 2.61. The molecule has 10 heteroatoms.